The number of benzene rings is 2. The van der Waals surface area contributed by atoms with E-state index in [9.17, 15) is 24.3 Å². The Kier molecular flexibility index (Phi) is 8.12. The molecule has 2 atom stereocenters. The zero-order chi connectivity index (χ0) is 31.7. The highest BCUT2D eigenvalue weighted by molar-refractivity contribution is 5.97. The van der Waals surface area contributed by atoms with Crippen LogP contribution in [0.5, 0.6) is 0 Å². The van der Waals surface area contributed by atoms with Gasteiger partial charge in [0.05, 0.1) is 5.56 Å². The number of pyridine rings is 1. The molecule has 11 nitrogen and oxygen atoms in total. The number of hydrogen-bond acceptors (Lipinski definition) is 6. The summed E-state index contributed by atoms with van der Waals surface area (Å²) in [5.74, 6) is -4.98. The lowest BCUT2D eigenvalue weighted by molar-refractivity contribution is -0.139. The molecule has 226 valence electrons. The largest absolute Gasteiger partial charge is 0.480 e. The monoisotopic (exact) mass is 602 g/mol. The zero-order valence-corrected chi connectivity index (χ0v) is 23.9. The molecule has 0 saturated heterocycles. The van der Waals surface area contributed by atoms with Crippen molar-refractivity contribution in [2.45, 2.75) is 25.4 Å². The van der Waals surface area contributed by atoms with Crippen LogP contribution in [0.4, 0.5) is 14.5 Å². The summed E-state index contributed by atoms with van der Waals surface area (Å²) in [7, 11) is 2.86. The van der Waals surface area contributed by atoms with Crippen molar-refractivity contribution < 1.29 is 23.5 Å². The van der Waals surface area contributed by atoms with Gasteiger partial charge in [-0.2, -0.15) is 0 Å². The minimum absolute atomic E-state index is 0.110. The van der Waals surface area contributed by atoms with E-state index < -0.39 is 46.4 Å². The number of nitrogens with zero attached hydrogens (tertiary/aromatic N) is 4. The molecule has 1 amide bonds. The second-order valence-corrected chi connectivity index (χ2v) is 10.3. The molecule has 3 N–H and O–H groups in total. The van der Waals surface area contributed by atoms with Crippen LogP contribution in [0.25, 0.3) is 16.8 Å². The Labute approximate surface area is 249 Å². The summed E-state index contributed by atoms with van der Waals surface area (Å²) in [6.45, 7) is 1.81. The fourth-order valence-corrected chi connectivity index (χ4v) is 5.03. The summed E-state index contributed by atoms with van der Waals surface area (Å²) in [6, 6.07) is 12.4. The Morgan fingerprint density at radius 2 is 1.68 bits per heavy atom. The first-order valence-electron chi connectivity index (χ1n) is 13.5. The van der Waals surface area contributed by atoms with Crippen molar-refractivity contribution in [1.29, 1.82) is 0 Å². The number of hydrogen-bond donors (Lipinski definition) is 3. The zero-order valence-electron chi connectivity index (χ0n) is 23.9. The molecular formula is C31H28F2N6O5. The lowest BCUT2D eigenvalue weighted by atomic mass is 10.1. The van der Waals surface area contributed by atoms with Crippen LogP contribution in [0.15, 0.2) is 82.8 Å². The van der Waals surface area contributed by atoms with E-state index in [0.29, 0.717) is 16.9 Å². The molecule has 0 aliphatic carbocycles. The van der Waals surface area contributed by atoms with E-state index in [2.05, 4.69) is 15.6 Å². The summed E-state index contributed by atoms with van der Waals surface area (Å²) < 4.78 is 33.8. The molecule has 2 aromatic carbocycles. The molecule has 3 aromatic heterocycles. The number of anilines is 1. The Bertz CT molecular complexity index is 2000. The van der Waals surface area contributed by atoms with E-state index >= 15 is 8.78 Å². The average Bonchev–Trinajstić information content (AvgIpc) is 3.48. The van der Waals surface area contributed by atoms with Crippen molar-refractivity contribution in [3.63, 3.8) is 0 Å². The molecule has 0 fully saturated rings. The van der Waals surface area contributed by atoms with Crippen molar-refractivity contribution in [2.24, 2.45) is 14.1 Å². The van der Waals surface area contributed by atoms with Gasteiger partial charge in [-0.05, 0) is 36.8 Å². The molecule has 5 rings (SSSR count). The molecule has 0 unspecified atom stereocenters. The maximum atomic E-state index is 15.0. The van der Waals surface area contributed by atoms with Crippen LogP contribution in [0.2, 0.25) is 0 Å². The average molecular weight is 603 g/mol. The highest BCUT2D eigenvalue weighted by Crippen LogP contribution is 2.25. The number of amides is 1. The topological polar surface area (TPSA) is 140 Å². The minimum atomic E-state index is -1.57. The van der Waals surface area contributed by atoms with Gasteiger partial charge in [-0.1, -0.05) is 30.3 Å². The molecular weight excluding hydrogens is 574 g/mol. The van der Waals surface area contributed by atoms with Crippen molar-refractivity contribution >= 4 is 23.2 Å². The smallest absolute Gasteiger partial charge is 0.330 e. The van der Waals surface area contributed by atoms with Crippen LogP contribution < -0.4 is 21.9 Å². The fourth-order valence-electron chi connectivity index (χ4n) is 5.03. The SMILES string of the molecule is C[C@H](Nc1cc(F)c(C(=O)N[C@@H](Cc2ccc(-c3cn(C)c(=O)n(C)c3=O)c3nccn23)C(=O)O)c(F)c1)c1ccccc1. The number of imidazole rings is 1. The second-order valence-electron chi connectivity index (χ2n) is 10.3. The molecule has 44 heavy (non-hydrogen) atoms. The quantitative estimate of drug-likeness (QED) is 0.235. The number of carboxylic acids is 1. The number of aryl methyl sites for hydroxylation is 1. The third kappa shape index (κ3) is 5.71. The van der Waals surface area contributed by atoms with E-state index in [1.54, 1.807) is 18.3 Å². The number of carbonyl (C=O) groups is 2. The first kappa shape index (κ1) is 29.9. The number of aromatic nitrogens is 4. The number of carbonyl (C=O) groups excluding carboxylic acids is 1. The van der Waals surface area contributed by atoms with Crippen LogP contribution in [0.3, 0.4) is 0 Å². The van der Waals surface area contributed by atoms with E-state index in [0.717, 1.165) is 22.3 Å². The van der Waals surface area contributed by atoms with Crippen LogP contribution in [0, 0.1) is 11.6 Å². The Balaban J connectivity index is 1.39. The van der Waals surface area contributed by atoms with Gasteiger partial charge in [-0.25, -0.2) is 23.4 Å². The van der Waals surface area contributed by atoms with Crippen molar-refractivity contribution in [3.8, 4) is 11.1 Å². The summed E-state index contributed by atoms with van der Waals surface area (Å²) in [4.78, 5) is 54.4. The number of halogens is 2. The molecule has 0 bridgehead atoms. The summed E-state index contributed by atoms with van der Waals surface area (Å²) in [6.07, 6.45) is 4.10. The molecule has 3 heterocycles. The van der Waals surface area contributed by atoms with Crippen LogP contribution >= 0.6 is 0 Å². The number of rotatable bonds is 9. The van der Waals surface area contributed by atoms with Gasteiger partial charge >= 0.3 is 11.7 Å². The van der Waals surface area contributed by atoms with Gasteiger partial charge in [0.2, 0.25) is 0 Å². The Morgan fingerprint density at radius 3 is 2.34 bits per heavy atom. The first-order valence-corrected chi connectivity index (χ1v) is 13.5. The predicted molar refractivity (Wildman–Crippen MR) is 159 cm³/mol. The molecule has 0 radical (unpaired) electrons. The highest BCUT2D eigenvalue weighted by Gasteiger charge is 2.27. The standard InChI is InChI=1S/C31H28F2N6O5/c1-17(18-7-5-4-6-8-18)35-19-13-23(32)26(24(33)14-19)28(40)36-25(30(42)43)15-20-9-10-21(27-34-11-12-39(20)27)22-16-37(2)31(44)38(3)29(22)41/h4-14,16-17,25,35H,15H2,1-3H3,(H,36,40)(H,42,43)/t17-,25-/m0/s1. The molecule has 0 aliphatic rings. The van der Waals surface area contributed by atoms with Crippen LogP contribution in [-0.4, -0.2) is 41.5 Å². The Morgan fingerprint density at radius 1 is 1.00 bits per heavy atom. The lowest BCUT2D eigenvalue weighted by Crippen LogP contribution is -2.43. The Hall–Kier alpha value is -5.59. The summed E-state index contributed by atoms with van der Waals surface area (Å²) in [5.41, 5.74) is 0.312. The normalized spacial score (nSPS) is 12.6. The number of fused-ring (bicyclic) bond motifs is 1. The number of carboxylic acid groups (broad SMARTS) is 1. The fraction of sp³-hybridized carbons (Fsp3) is 0.194. The molecule has 13 heteroatoms. The number of aliphatic carboxylic acids is 1. The molecule has 0 spiro atoms. The third-order valence-electron chi connectivity index (χ3n) is 7.34. The first-order chi connectivity index (χ1) is 21.0. The van der Waals surface area contributed by atoms with Gasteiger partial charge < -0.3 is 24.7 Å². The summed E-state index contributed by atoms with van der Waals surface area (Å²) >= 11 is 0. The molecule has 5 aromatic rings. The van der Waals surface area contributed by atoms with E-state index in [-0.39, 0.29) is 23.7 Å². The number of nitrogens with one attached hydrogen (secondary N) is 2. The summed E-state index contributed by atoms with van der Waals surface area (Å²) in [5, 5.41) is 15.1. The van der Waals surface area contributed by atoms with E-state index in [1.165, 1.54) is 35.5 Å². The van der Waals surface area contributed by atoms with E-state index in [1.807, 2.05) is 37.3 Å². The van der Waals surface area contributed by atoms with Crippen molar-refractivity contribution in [1.82, 2.24) is 23.8 Å². The van der Waals surface area contributed by atoms with Gasteiger partial charge in [-0.15, -0.1) is 0 Å². The molecule has 0 saturated carbocycles. The maximum Gasteiger partial charge on any atom is 0.330 e. The van der Waals surface area contributed by atoms with Gasteiger partial charge in [-0.3, -0.25) is 14.2 Å². The second kappa shape index (κ2) is 12.0. The van der Waals surface area contributed by atoms with Crippen LogP contribution in [-0.2, 0) is 25.3 Å². The van der Waals surface area contributed by atoms with Crippen molar-refractivity contribution in [2.75, 3.05) is 5.32 Å². The maximum absolute atomic E-state index is 15.0. The van der Waals surface area contributed by atoms with E-state index in [4.69, 9.17) is 0 Å². The third-order valence-corrected chi connectivity index (χ3v) is 7.34. The van der Waals surface area contributed by atoms with Crippen LogP contribution in [0.1, 0.15) is 34.6 Å². The van der Waals surface area contributed by atoms with Gasteiger partial charge in [0.25, 0.3) is 11.5 Å². The predicted octanol–water partition coefficient (Wildman–Crippen LogP) is 3.28. The molecule has 0 aliphatic heterocycles. The van der Waals surface area contributed by atoms with Gasteiger partial charge in [0.15, 0.2) is 0 Å². The highest BCUT2D eigenvalue weighted by atomic mass is 19.1. The van der Waals surface area contributed by atoms with Gasteiger partial charge in [0, 0.05) is 62.1 Å². The van der Waals surface area contributed by atoms with Crippen molar-refractivity contribution in [3.05, 3.63) is 122 Å². The van der Waals surface area contributed by atoms with Gasteiger partial charge in [0.1, 0.15) is 28.9 Å². The lowest BCUT2D eigenvalue weighted by Gasteiger charge is -2.18. The minimum Gasteiger partial charge on any atom is -0.480 e.